The molecule has 0 saturated carbocycles. The Hall–Kier alpha value is -2.24. The molecule has 5 nitrogen and oxygen atoms in total. The number of hydrogen-bond acceptors (Lipinski definition) is 4. The van der Waals surface area contributed by atoms with Crippen molar-refractivity contribution in [2.45, 2.75) is 39.7 Å². The zero-order chi connectivity index (χ0) is 26.8. The van der Waals surface area contributed by atoms with E-state index in [-0.39, 0.29) is 33.7 Å². The van der Waals surface area contributed by atoms with Crippen LogP contribution in [0.4, 0.5) is 4.39 Å². The molecule has 0 aromatic heterocycles. The first-order valence-corrected chi connectivity index (χ1v) is 11.5. The van der Waals surface area contributed by atoms with Gasteiger partial charge in [0, 0.05) is 37.8 Å². The molecule has 0 fully saturated rings. The van der Waals surface area contributed by atoms with E-state index in [1.165, 1.54) is 4.90 Å². The molecule has 0 saturated heterocycles. The maximum Gasteiger partial charge on any atom is 0.234 e. The first-order chi connectivity index (χ1) is 15.9. The molecule has 1 aromatic carbocycles. The summed E-state index contributed by atoms with van der Waals surface area (Å²) in [6, 6.07) is 3.31. The Morgan fingerprint density at radius 3 is 2.26 bits per heavy atom. The molecule has 1 aliphatic heterocycles. The lowest BCUT2D eigenvalue weighted by Gasteiger charge is -2.39. The summed E-state index contributed by atoms with van der Waals surface area (Å²) >= 11 is 9.41. The second-order valence-corrected chi connectivity index (χ2v) is 9.58. The molecule has 186 valence electrons. The van der Waals surface area contributed by atoms with E-state index >= 15 is 0 Å². The third-order valence-electron chi connectivity index (χ3n) is 4.66. The minimum absolute atomic E-state index is 0.0186. The van der Waals surface area contributed by atoms with E-state index in [1.807, 2.05) is 25.2 Å². The zero-order valence-corrected chi connectivity index (χ0v) is 22.6. The van der Waals surface area contributed by atoms with Gasteiger partial charge in [0.1, 0.15) is 6.29 Å². The van der Waals surface area contributed by atoms with Crippen LogP contribution < -0.4 is 0 Å². The average molecular weight is 557 g/mol. The Bertz CT molecular complexity index is 986. The second kappa shape index (κ2) is 14.2. The van der Waals surface area contributed by atoms with Crippen LogP contribution in [0.3, 0.4) is 0 Å². The van der Waals surface area contributed by atoms with Crippen molar-refractivity contribution >= 4 is 45.3 Å². The van der Waals surface area contributed by atoms with Crippen LogP contribution in [0, 0.1) is 30.5 Å². The first-order valence-electron chi connectivity index (χ1n) is 10.3. The number of terminal acetylenes is 1. The van der Waals surface area contributed by atoms with Crippen LogP contribution in [0.25, 0.3) is 5.57 Å². The smallest absolute Gasteiger partial charge is 0.234 e. The Labute approximate surface area is 215 Å². The van der Waals surface area contributed by atoms with Crippen LogP contribution in [-0.4, -0.2) is 47.1 Å². The zero-order valence-electron chi connectivity index (χ0n) is 20.3. The van der Waals surface area contributed by atoms with E-state index in [4.69, 9.17) is 21.8 Å². The van der Waals surface area contributed by atoms with Crippen molar-refractivity contribution in [2.24, 2.45) is 11.8 Å². The molecule has 3 rings (SSSR count). The number of rotatable bonds is 3. The molecular formula is C26H32BrClFNO4. The van der Waals surface area contributed by atoms with Crippen molar-refractivity contribution < 1.29 is 24.2 Å². The van der Waals surface area contributed by atoms with Gasteiger partial charge in [0.2, 0.25) is 5.91 Å². The number of hydrogen-bond donors (Lipinski definition) is 2. The van der Waals surface area contributed by atoms with Crippen molar-refractivity contribution in [1.82, 2.24) is 4.90 Å². The quantitative estimate of drug-likeness (QED) is 0.297. The molecule has 1 heterocycles. The van der Waals surface area contributed by atoms with Crippen molar-refractivity contribution in [3.63, 3.8) is 0 Å². The number of halogens is 3. The molecule has 2 N–H and O–H groups in total. The topological polar surface area (TPSA) is 77.8 Å². The van der Waals surface area contributed by atoms with Crippen LogP contribution in [0.5, 0.6) is 0 Å². The Morgan fingerprint density at radius 1 is 1.24 bits per heavy atom. The van der Waals surface area contributed by atoms with Gasteiger partial charge in [0.25, 0.3) is 0 Å². The summed E-state index contributed by atoms with van der Waals surface area (Å²) in [6.45, 7) is 7.17. The highest BCUT2D eigenvalue weighted by molar-refractivity contribution is 9.10. The van der Waals surface area contributed by atoms with Crippen LogP contribution >= 0.6 is 27.5 Å². The summed E-state index contributed by atoms with van der Waals surface area (Å²) in [5.41, 5.74) is 2.30. The highest BCUT2D eigenvalue weighted by Gasteiger charge is 2.40. The van der Waals surface area contributed by atoms with Gasteiger partial charge in [-0.3, -0.25) is 4.79 Å². The lowest BCUT2D eigenvalue weighted by atomic mass is 9.74. The predicted molar refractivity (Wildman–Crippen MR) is 139 cm³/mol. The molecule has 0 radical (unpaired) electrons. The number of aliphatic hydroxyl groups is 2. The van der Waals surface area contributed by atoms with Gasteiger partial charge in [-0.1, -0.05) is 41.5 Å². The summed E-state index contributed by atoms with van der Waals surface area (Å²) in [5, 5.41) is 15.5. The maximum atomic E-state index is 14.4. The minimum Gasteiger partial charge on any atom is -0.400 e. The van der Waals surface area contributed by atoms with Gasteiger partial charge in [-0.15, -0.1) is 12.8 Å². The summed E-state index contributed by atoms with van der Waals surface area (Å²) < 4.78 is 14.6. The third kappa shape index (κ3) is 8.21. The first kappa shape index (κ1) is 31.8. The van der Waals surface area contributed by atoms with Crippen molar-refractivity contribution in [2.75, 3.05) is 14.2 Å². The number of allylic oxidation sites excluding steroid dienone is 5. The fraction of sp³-hybridized carbons (Fsp3) is 0.385. The molecular weight excluding hydrogens is 525 g/mol. The van der Waals surface area contributed by atoms with Gasteiger partial charge in [0.15, 0.2) is 5.82 Å². The maximum absolute atomic E-state index is 14.4. The number of nitrogens with zero attached hydrogens (tertiary/aromatic N) is 1. The number of amides is 1. The molecule has 1 amide bonds. The second-order valence-electron chi connectivity index (χ2n) is 8.34. The molecule has 0 bridgehead atoms. The van der Waals surface area contributed by atoms with Gasteiger partial charge in [-0.05, 0) is 55.3 Å². The van der Waals surface area contributed by atoms with E-state index < -0.39 is 11.4 Å². The number of benzene rings is 1. The van der Waals surface area contributed by atoms with Gasteiger partial charge in [-0.2, -0.15) is 0 Å². The van der Waals surface area contributed by atoms with Crippen molar-refractivity contribution in [3.05, 3.63) is 62.5 Å². The summed E-state index contributed by atoms with van der Waals surface area (Å²) in [6.07, 6.45) is 14.5. The largest absolute Gasteiger partial charge is 0.400 e. The monoisotopic (exact) mass is 555 g/mol. The normalized spacial score (nSPS) is 18.8. The van der Waals surface area contributed by atoms with E-state index in [2.05, 4.69) is 28.8 Å². The van der Waals surface area contributed by atoms with E-state index in [1.54, 1.807) is 40.0 Å². The van der Waals surface area contributed by atoms with Gasteiger partial charge in [0.05, 0.1) is 21.0 Å². The van der Waals surface area contributed by atoms with E-state index in [0.29, 0.717) is 11.3 Å². The predicted octanol–water partition coefficient (Wildman–Crippen LogP) is 5.40. The SMILES string of the molecule is C#C.CC(C)(C)O.CC1=CC2C(c3ccc(Br)c(F)c3Cl)=C(CC=O)N(C)C(=O)C2C=C1.CO. The van der Waals surface area contributed by atoms with Crippen LogP contribution in [0.15, 0.2) is 46.1 Å². The number of aliphatic hydroxyl groups excluding tert-OH is 1. The summed E-state index contributed by atoms with van der Waals surface area (Å²) in [7, 11) is 2.64. The lowest BCUT2D eigenvalue weighted by Crippen LogP contribution is -2.41. The number of carbonyl (C=O) groups excluding carboxylic acids is 2. The molecule has 1 aromatic rings. The third-order valence-corrected chi connectivity index (χ3v) is 5.64. The molecule has 0 spiro atoms. The number of carbonyl (C=O) groups is 2. The highest BCUT2D eigenvalue weighted by atomic mass is 79.9. The van der Waals surface area contributed by atoms with Crippen LogP contribution in [0.2, 0.25) is 5.02 Å². The molecule has 2 aliphatic rings. The van der Waals surface area contributed by atoms with Gasteiger partial charge < -0.3 is 19.9 Å². The Kier molecular flexibility index (Phi) is 13.3. The summed E-state index contributed by atoms with van der Waals surface area (Å²) in [4.78, 5) is 25.4. The molecule has 2 atom stereocenters. The standard InChI is InChI=1S/C19H16BrClFNO2.C4H10O.C2H2.CH4O/c1-10-3-4-11-13(9-10)16(15(7-8-24)23(2)19(11)25)12-5-6-14(20)18(22)17(12)21;1-4(2,3)5;2*1-2/h3-6,8-9,11,13H,7H2,1-2H3;5H,1-3H3;1-2H;2H,1H3. The highest BCUT2D eigenvalue weighted by Crippen LogP contribution is 2.46. The molecule has 34 heavy (non-hydrogen) atoms. The minimum atomic E-state index is -0.555. The van der Waals surface area contributed by atoms with Crippen LogP contribution in [-0.2, 0) is 9.59 Å². The average Bonchev–Trinajstić information content (AvgIpc) is 2.78. The van der Waals surface area contributed by atoms with E-state index in [9.17, 15) is 14.0 Å². The molecule has 2 unspecified atom stereocenters. The number of fused-ring (bicyclic) bond motifs is 1. The van der Waals surface area contributed by atoms with E-state index in [0.717, 1.165) is 24.5 Å². The molecule has 8 heteroatoms. The lowest BCUT2D eigenvalue weighted by molar-refractivity contribution is -0.132. The number of aldehydes is 1. The van der Waals surface area contributed by atoms with Crippen molar-refractivity contribution in [3.8, 4) is 12.8 Å². The molecule has 1 aliphatic carbocycles. The fourth-order valence-electron chi connectivity index (χ4n) is 3.44. The Balaban J connectivity index is 0.00000106. The van der Waals surface area contributed by atoms with Crippen LogP contribution in [0.1, 0.15) is 39.7 Å². The van der Waals surface area contributed by atoms with Gasteiger partial charge >= 0.3 is 0 Å². The van der Waals surface area contributed by atoms with Gasteiger partial charge in [-0.25, -0.2) is 4.39 Å². The fourth-order valence-corrected chi connectivity index (χ4v) is 4.15. The summed E-state index contributed by atoms with van der Waals surface area (Å²) in [5.74, 6) is -1.30. The van der Waals surface area contributed by atoms with Crippen molar-refractivity contribution in [1.29, 1.82) is 0 Å². The Morgan fingerprint density at radius 2 is 1.76 bits per heavy atom.